The van der Waals surface area contributed by atoms with E-state index in [2.05, 4.69) is 4.40 Å². The Morgan fingerprint density at radius 1 is 1.18 bits per heavy atom. The second-order valence-corrected chi connectivity index (χ2v) is 8.52. The first-order valence-corrected chi connectivity index (χ1v) is 10.5. The summed E-state index contributed by atoms with van der Waals surface area (Å²) in [5.74, 6) is -0.769. The van der Waals surface area contributed by atoms with Crippen LogP contribution in [0.15, 0.2) is 52.6 Å². The SMILES string of the molecule is CC(OC(=O)C1=CN2CCS(=O)(=O)N=C2C=C1)C(=O)N1CCc2ccccc21. The first kappa shape index (κ1) is 18.4. The van der Waals surface area contributed by atoms with Crippen molar-refractivity contribution in [2.24, 2.45) is 4.40 Å². The van der Waals surface area contributed by atoms with Gasteiger partial charge in [-0.1, -0.05) is 18.2 Å². The Hall–Kier alpha value is -2.94. The van der Waals surface area contributed by atoms with E-state index < -0.39 is 22.1 Å². The van der Waals surface area contributed by atoms with E-state index in [4.69, 9.17) is 4.74 Å². The third-order valence-electron chi connectivity index (χ3n) is 4.84. The Morgan fingerprint density at radius 3 is 2.79 bits per heavy atom. The van der Waals surface area contributed by atoms with Crippen LogP contribution in [0.1, 0.15) is 12.5 Å². The fourth-order valence-electron chi connectivity index (χ4n) is 3.39. The molecule has 3 heterocycles. The van der Waals surface area contributed by atoms with Gasteiger partial charge in [-0.2, -0.15) is 0 Å². The number of benzene rings is 1. The number of para-hydroxylation sites is 1. The fraction of sp³-hybridized carbons (Fsp3) is 0.316. The van der Waals surface area contributed by atoms with E-state index >= 15 is 0 Å². The first-order valence-electron chi connectivity index (χ1n) is 8.93. The molecule has 9 heteroatoms. The van der Waals surface area contributed by atoms with Gasteiger partial charge in [0.15, 0.2) is 6.10 Å². The number of sulfonamides is 1. The third kappa shape index (κ3) is 3.45. The molecule has 0 spiro atoms. The minimum absolute atomic E-state index is 0.119. The molecule has 1 aromatic rings. The highest BCUT2D eigenvalue weighted by Crippen LogP contribution is 2.28. The lowest BCUT2D eigenvalue weighted by atomic mass is 10.2. The standard InChI is InChI=1S/C19H19N3O5S/c1-13(18(23)22-9-8-14-4-2-3-5-16(14)22)27-19(24)15-6-7-17-20-28(25,26)11-10-21(17)12-15/h2-7,12-13H,8-11H2,1H3. The maximum absolute atomic E-state index is 12.7. The molecule has 3 aliphatic heterocycles. The summed E-state index contributed by atoms with van der Waals surface area (Å²) < 4.78 is 32.1. The summed E-state index contributed by atoms with van der Waals surface area (Å²) >= 11 is 0. The number of hydrogen-bond acceptors (Lipinski definition) is 6. The van der Waals surface area contributed by atoms with Crippen molar-refractivity contribution in [2.75, 3.05) is 23.7 Å². The summed E-state index contributed by atoms with van der Waals surface area (Å²) in [5, 5.41) is 0. The number of esters is 1. The lowest BCUT2D eigenvalue weighted by molar-refractivity contribution is -0.149. The molecular formula is C19H19N3O5S. The Balaban J connectivity index is 1.44. The van der Waals surface area contributed by atoms with Crippen LogP contribution in [0, 0.1) is 0 Å². The molecule has 28 heavy (non-hydrogen) atoms. The highest BCUT2D eigenvalue weighted by Gasteiger charge is 2.31. The van der Waals surface area contributed by atoms with Crippen LogP contribution < -0.4 is 4.90 Å². The summed E-state index contributed by atoms with van der Waals surface area (Å²) in [5.41, 5.74) is 2.18. The van der Waals surface area contributed by atoms with Crippen LogP contribution >= 0.6 is 0 Å². The average molecular weight is 401 g/mol. The number of rotatable bonds is 3. The minimum Gasteiger partial charge on any atom is -0.449 e. The minimum atomic E-state index is -3.46. The quantitative estimate of drug-likeness (QED) is 0.702. The lowest BCUT2D eigenvalue weighted by Gasteiger charge is -2.27. The predicted molar refractivity (Wildman–Crippen MR) is 103 cm³/mol. The normalized spacial score (nSPS) is 20.6. The smallest absolute Gasteiger partial charge is 0.340 e. The third-order valence-corrected chi connectivity index (χ3v) is 6.01. The van der Waals surface area contributed by atoms with Gasteiger partial charge in [-0.3, -0.25) is 4.79 Å². The highest BCUT2D eigenvalue weighted by molar-refractivity contribution is 7.90. The average Bonchev–Trinajstić information content (AvgIpc) is 3.10. The molecule has 1 amide bonds. The van der Waals surface area contributed by atoms with Crippen molar-refractivity contribution < 1.29 is 22.7 Å². The number of amides is 1. The molecule has 0 radical (unpaired) electrons. The van der Waals surface area contributed by atoms with E-state index in [1.807, 2.05) is 24.3 Å². The number of hydrogen-bond donors (Lipinski definition) is 0. The molecule has 0 saturated heterocycles. The molecule has 3 aliphatic rings. The van der Waals surface area contributed by atoms with Crippen molar-refractivity contribution in [3.05, 3.63) is 53.8 Å². The first-order chi connectivity index (χ1) is 13.3. The molecule has 0 saturated carbocycles. The molecule has 1 unspecified atom stereocenters. The molecule has 0 aromatic heterocycles. The number of amidine groups is 1. The van der Waals surface area contributed by atoms with Gasteiger partial charge in [0.05, 0.1) is 11.3 Å². The van der Waals surface area contributed by atoms with E-state index in [1.165, 1.54) is 18.4 Å². The molecule has 0 bridgehead atoms. The van der Waals surface area contributed by atoms with Crippen LogP contribution in [0.5, 0.6) is 0 Å². The van der Waals surface area contributed by atoms with Crippen molar-refractivity contribution in [1.29, 1.82) is 0 Å². The Bertz CT molecular complexity index is 1040. The second-order valence-electron chi connectivity index (χ2n) is 6.76. The van der Waals surface area contributed by atoms with Gasteiger partial charge in [-0.05, 0) is 37.1 Å². The molecule has 8 nitrogen and oxygen atoms in total. The van der Waals surface area contributed by atoms with E-state index in [-0.39, 0.29) is 29.6 Å². The van der Waals surface area contributed by atoms with Gasteiger partial charge < -0.3 is 14.5 Å². The molecule has 0 fully saturated rings. The van der Waals surface area contributed by atoms with Crippen LogP contribution in [-0.2, 0) is 30.8 Å². The number of carbonyl (C=O) groups is 2. The fourth-order valence-corrected chi connectivity index (χ4v) is 4.36. The Morgan fingerprint density at radius 2 is 1.96 bits per heavy atom. The largest absolute Gasteiger partial charge is 0.449 e. The maximum atomic E-state index is 12.7. The summed E-state index contributed by atoms with van der Waals surface area (Å²) in [7, 11) is -3.46. The number of fused-ring (bicyclic) bond motifs is 2. The molecular weight excluding hydrogens is 382 g/mol. The molecule has 1 atom stereocenters. The van der Waals surface area contributed by atoms with Crippen LogP contribution in [0.2, 0.25) is 0 Å². The van der Waals surface area contributed by atoms with E-state index in [9.17, 15) is 18.0 Å². The summed E-state index contributed by atoms with van der Waals surface area (Å²) in [6.07, 6.45) is 4.23. The lowest BCUT2D eigenvalue weighted by Crippen LogP contribution is -2.40. The Kier molecular flexibility index (Phi) is 4.54. The zero-order chi connectivity index (χ0) is 19.9. The van der Waals surface area contributed by atoms with Crippen LogP contribution in [-0.4, -0.2) is 56.0 Å². The van der Waals surface area contributed by atoms with Crippen LogP contribution in [0.25, 0.3) is 0 Å². The second kappa shape index (κ2) is 6.90. The summed E-state index contributed by atoms with van der Waals surface area (Å²) in [6, 6.07) is 7.67. The topological polar surface area (TPSA) is 96.3 Å². The van der Waals surface area contributed by atoms with Crippen LogP contribution in [0.3, 0.4) is 0 Å². The van der Waals surface area contributed by atoms with Gasteiger partial charge >= 0.3 is 5.97 Å². The number of carbonyl (C=O) groups excluding carboxylic acids is 2. The van der Waals surface area contributed by atoms with Gasteiger partial charge in [0.1, 0.15) is 5.84 Å². The zero-order valence-electron chi connectivity index (χ0n) is 15.2. The zero-order valence-corrected chi connectivity index (χ0v) is 16.1. The molecule has 4 rings (SSSR count). The molecule has 0 N–H and O–H groups in total. The maximum Gasteiger partial charge on any atom is 0.340 e. The van der Waals surface area contributed by atoms with Crippen molar-refractivity contribution in [2.45, 2.75) is 19.4 Å². The van der Waals surface area contributed by atoms with Gasteiger partial charge in [0.2, 0.25) is 0 Å². The van der Waals surface area contributed by atoms with Gasteiger partial charge in [-0.15, -0.1) is 4.40 Å². The van der Waals surface area contributed by atoms with Crippen molar-refractivity contribution in [3.8, 4) is 0 Å². The molecule has 0 aliphatic carbocycles. The van der Waals surface area contributed by atoms with E-state index in [0.29, 0.717) is 6.54 Å². The summed E-state index contributed by atoms with van der Waals surface area (Å²) in [6.45, 7) is 2.32. The monoisotopic (exact) mass is 401 g/mol. The van der Waals surface area contributed by atoms with Crippen LogP contribution in [0.4, 0.5) is 5.69 Å². The van der Waals surface area contributed by atoms with Gasteiger partial charge in [-0.25, -0.2) is 13.2 Å². The van der Waals surface area contributed by atoms with Crippen molar-refractivity contribution >= 4 is 33.4 Å². The molecule has 146 valence electrons. The molecule has 1 aromatic carbocycles. The number of anilines is 1. The Labute approximate surface area is 162 Å². The van der Waals surface area contributed by atoms with E-state index in [0.717, 1.165) is 17.7 Å². The van der Waals surface area contributed by atoms with Gasteiger partial charge in [0, 0.05) is 25.0 Å². The number of nitrogens with zero attached hydrogens (tertiary/aromatic N) is 3. The van der Waals surface area contributed by atoms with Gasteiger partial charge in [0.25, 0.3) is 15.9 Å². The van der Waals surface area contributed by atoms with Crippen molar-refractivity contribution in [1.82, 2.24) is 4.90 Å². The highest BCUT2D eigenvalue weighted by atomic mass is 32.2. The summed E-state index contributed by atoms with van der Waals surface area (Å²) in [4.78, 5) is 28.4. The number of ether oxygens (including phenoxy) is 1. The van der Waals surface area contributed by atoms with E-state index in [1.54, 1.807) is 16.7 Å². The predicted octanol–water partition coefficient (Wildman–Crippen LogP) is 1.01. The van der Waals surface area contributed by atoms with Crippen molar-refractivity contribution in [3.63, 3.8) is 0 Å².